The van der Waals surface area contributed by atoms with Crippen molar-refractivity contribution >= 4 is 17.5 Å². The Morgan fingerprint density at radius 2 is 1.28 bits per heavy atom. The van der Waals surface area contributed by atoms with Crippen LogP contribution >= 0.6 is 0 Å². The zero-order valence-corrected chi connectivity index (χ0v) is 16.8. The van der Waals surface area contributed by atoms with Gasteiger partial charge in [-0.05, 0) is 28.7 Å². The lowest BCUT2D eigenvalue weighted by Crippen LogP contribution is -2.36. The number of rotatable bonds is 7. The van der Waals surface area contributed by atoms with Crippen molar-refractivity contribution in [3.05, 3.63) is 102 Å². The highest BCUT2D eigenvalue weighted by atomic mass is 16.2. The van der Waals surface area contributed by atoms with E-state index in [2.05, 4.69) is 24.5 Å². The molecule has 29 heavy (non-hydrogen) atoms. The molecule has 0 aromatic heterocycles. The summed E-state index contributed by atoms with van der Waals surface area (Å²) in [6, 6.07) is 26.9. The van der Waals surface area contributed by atoms with Crippen LogP contribution in [0.3, 0.4) is 0 Å². The van der Waals surface area contributed by atoms with Crippen LogP contribution in [-0.4, -0.2) is 18.4 Å². The van der Waals surface area contributed by atoms with Gasteiger partial charge in [-0.2, -0.15) is 0 Å². The molecular weight excluding hydrogens is 360 g/mol. The van der Waals surface area contributed by atoms with Crippen LogP contribution in [0.25, 0.3) is 0 Å². The van der Waals surface area contributed by atoms with Gasteiger partial charge in [0.05, 0.1) is 12.5 Å². The molecule has 0 aliphatic carbocycles. The van der Waals surface area contributed by atoms with Crippen molar-refractivity contribution in [3.8, 4) is 0 Å². The molecule has 3 aromatic carbocycles. The van der Waals surface area contributed by atoms with E-state index in [0.29, 0.717) is 5.92 Å². The predicted octanol–water partition coefficient (Wildman–Crippen LogP) is 4.70. The highest BCUT2D eigenvalue weighted by Gasteiger charge is 2.23. The Bertz CT molecular complexity index is 913. The van der Waals surface area contributed by atoms with E-state index in [1.807, 2.05) is 84.9 Å². The van der Waals surface area contributed by atoms with E-state index in [-0.39, 0.29) is 18.4 Å². The number of hydrogen-bond donors (Lipinski definition) is 2. The summed E-state index contributed by atoms with van der Waals surface area (Å²) in [4.78, 5) is 25.4. The van der Waals surface area contributed by atoms with Gasteiger partial charge in [-0.15, -0.1) is 0 Å². The Labute approximate surface area is 172 Å². The summed E-state index contributed by atoms with van der Waals surface area (Å²) in [7, 11) is 0. The Balaban J connectivity index is 1.70. The second-order valence-corrected chi connectivity index (χ2v) is 7.26. The van der Waals surface area contributed by atoms with Gasteiger partial charge < -0.3 is 10.6 Å². The average Bonchev–Trinajstić information content (AvgIpc) is 2.74. The summed E-state index contributed by atoms with van der Waals surface area (Å²) in [5.74, 6) is -0.615. The minimum absolute atomic E-state index is 0.0819. The summed E-state index contributed by atoms with van der Waals surface area (Å²) in [6.45, 7) is 4.08. The van der Waals surface area contributed by atoms with Crippen LogP contribution in [0.1, 0.15) is 42.4 Å². The first-order chi connectivity index (χ1) is 14.1. The van der Waals surface area contributed by atoms with Crippen molar-refractivity contribution in [1.82, 2.24) is 5.32 Å². The van der Waals surface area contributed by atoms with Gasteiger partial charge in [-0.25, -0.2) is 0 Å². The maximum atomic E-state index is 13.0. The van der Waals surface area contributed by atoms with Crippen LogP contribution in [0.5, 0.6) is 0 Å². The van der Waals surface area contributed by atoms with E-state index < -0.39 is 5.92 Å². The van der Waals surface area contributed by atoms with Crippen LogP contribution in [0.4, 0.5) is 5.69 Å². The van der Waals surface area contributed by atoms with Gasteiger partial charge in [0.25, 0.3) is 0 Å². The zero-order valence-electron chi connectivity index (χ0n) is 16.8. The zero-order chi connectivity index (χ0) is 20.6. The first-order valence-corrected chi connectivity index (χ1v) is 9.82. The lowest BCUT2D eigenvalue weighted by Gasteiger charge is -2.18. The van der Waals surface area contributed by atoms with Crippen molar-refractivity contribution < 1.29 is 9.59 Å². The van der Waals surface area contributed by atoms with Gasteiger partial charge in [-0.3, -0.25) is 9.59 Å². The lowest BCUT2D eigenvalue weighted by atomic mass is 9.90. The highest BCUT2D eigenvalue weighted by molar-refractivity contribution is 5.96. The van der Waals surface area contributed by atoms with Gasteiger partial charge >= 0.3 is 0 Å². The number of amides is 2. The second-order valence-electron chi connectivity index (χ2n) is 7.26. The van der Waals surface area contributed by atoms with Crippen LogP contribution in [0.15, 0.2) is 84.9 Å². The first-order valence-electron chi connectivity index (χ1n) is 9.82. The Morgan fingerprint density at radius 1 is 0.759 bits per heavy atom. The number of benzene rings is 3. The quantitative estimate of drug-likeness (QED) is 0.618. The molecule has 148 valence electrons. The van der Waals surface area contributed by atoms with Gasteiger partial charge in [-0.1, -0.05) is 92.7 Å². The fraction of sp³-hybridized carbons (Fsp3) is 0.200. The summed E-state index contributed by atoms with van der Waals surface area (Å²) in [5, 5.41) is 5.71. The molecule has 2 amide bonds. The largest absolute Gasteiger partial charge is 0.346 e. The number of para-hydroxylation sites is 1. The number of carbonyl (C=O) groups excluding carboxylic acids is 2. The molecule has 3 aromatic rings. The summed E-state index contributed by atoms with van der Waals surface area (Å²) < 4.78 is 0. The van der Waals surface area contributed by atoms with Crippen molar-refractivity contribution in [2.45, 2.75) is 25.7 Å². The van der Waals surface area contributed by atoms with E-state index in [9.17, 15) is 9.59 Å². The van der Waals surface area contributed by atoms with Gasteiger partial charge in [0.2, 0.25) is 11.8 Å². The van der Waals surface area contributed by atoms with E-state index >= 15 is 0 Å². The molecule has 0 bridgehead atoms. The molecule has 0 heterocycles. The SMILES string of the molecule is CC(C)c1ccccc1NC(=O)CNC(=O)C(c1ccccc1)c1ccccc1. The van der Waals surface area contributed by atoms with E-state index in [1.54, 1.807) is 0 Å². The third kappa shape index (κ3) is 5.32. The van der Waals surface area contributed by atoms with E-state index in [4.69, 9.17) is 0 Å². The molecular formula is C25H26N2O2. The predicted molar refractivity (Wildman–Crippen MR) is 117 cm³/mol. The Morgan fingerprint density at radius 3 is 1.83 bits per heavy atom. The molecule has 0 saturated carbocycles. The number of nitrogens with one attached hydrogen (secondary N) is 2. The standard InChI is InChI=1S/C25H26N2O2/c1-18(2)21-15-9-10-16-22(21)27-23(28)17-26-25(29)24(19-11-5-3-6-12-19)20-13-7-4-8-14-20/h3-16,18,24H,17H2,1-2H3,(H,26,29)(H,27,28). The van der Waals surface area contributed by atoms with Gasteiger partial charge in [0, 0.05) is 5.69 Å². The molecule has 4 nitrogen and oxygen atoms in total. The normalized spacial score (nSPS) is 10.8. The monoisotopic (exact) mass is 386 g/mol. The molecule has 0 saturated heterocycles. The smallest absolute Gasteiger partial charge is 0.243 e. The Kier molecular flexibility index (Phi) is 6.80. The number of anilines is 1. The summed E-state index contributed by atoms with van der Waals surface area (Å²) in [5.41, 5.74) is 3.63. The second kappa shape index (κ2) is 9.69. The number of carbonyl (C=O) groups is 2. The Hall–Kier alpha value is -3.40. The third-order valence-corrected chi connectivity index (χ3v) is 4.81. The van der Waals surface area contributed by atoms with Crippen LogP contribution in [-0.2, 0) is 9.59 Å². The van der Waals surface area contributed by atoms with Crippen molar-refractivity contribution in [2.24, 2.45) is 0 Å². The molecule has 0 unspecified atom stereocenters. The molecule has 0 spiro atoms. The molecule has 4 heteroatoms. The molecule has 0 atom stereocenters. The summed E-state index contributed by atoms with van der Waals surface area (Å²) in [6.07, 6.45) is 0. The fourth-order valence-electron chi connectivity index (χ4n) is 3.36. The first kappa shape index (κ1) is 20.3. The molecule has 3 rings (SSSR count). The molecule has 2 N–H and O–H groups in total. The topological polar surface area (TPSA) is 58.2 Å². The highest BCUT2D eigenvalue weighted by Crippen LogP contribution is 2.25. The van der Waals surface area contributed by atoms with Crippen LogP contribution in [0.2, 0.25) is 0 Å². The average molecular weight is 386 g/mol. The molecule has 0 fully saturated rings. The maximum absolute atomic E-state index is 13.0. The maximum Gasteiger partial charge on any atom is 0.243 e. The van der Waals surface area contributed by atoms with Crippen molar-refractivity contribution in [3.63, 3.8) is 0 Å². The third-order valence-electron chi connectivity index (χ3n) is 4.81. The molecule has 0 radical (unpaired) electrons. The number of hydrogen-bond acceptors (Lipinski definition) is 2. The van der Waals surface area contributed by atoms with E-state index in [1.165, 1.54) is 0 Å². The molecule has 0 aliphatic rings. The van der Waals surface area contributed by atoms with E-state index in [0.717, 1.165) is 22.4 Å². The minimum Gasteiger partial charge on any atom is -0.346 e. The fourth-order valence-corrected chi connectivity index (χ4v) is 3.36. The summed E-state index contributed by atoms with van der Waals surface area (Å²) >= 11 is 0. The van der Waals surface area contributed by atoms with Crippen molar-refractivity contribution in [2.75, 3.05) is 11.9 Å². The van der Waals surface area contributed by atoms with Crippen molar-refractivity contribution in [1.29, 1.82) is 0 Å². The lowest BCUT2D eigenvalue weighted by molar-refractivity contribution is -0.124. The minimum atomic E-state index is -0.465. The molecule has 0 aliphatic heterocycles. The van der Waals surface area contributed by atoms with Gasteiger partial charge in [0.15, 0.2) is 0 Å². The van der Waals surface area contributed by atoms with Crippen LogP contribution < -0.4 is 10.6 Å². The van der Waals surface area contributed by atoms with Crippen LogP contribution in [0, 0.1) is 0 Å². The van der Waals surface area contributed by atoms with Gasteiger partial charge in [0.1, 0.15) is 0 Å².